The van der Waals surface area contributed by atoms with E-state index in [4.69, 9.17) is 19.2 Å². The smallest absolute Gasteiger partial charge is 0.260 e. The lowest BCUT2D eigenvalue weighted by Crippen LogP contribution is -2.24. The number of aryl methyl sites for hydroxylation is 1. The summed E-state index contributed by atoms with van der Waals surface area (Å²) in [6.45, 7) is 7.39. The van der Waals surface area contributed by atoms with Gasteiger partial charge in [-0.05, 0) is 55.7 Å². The first kappa shape index (κ1) is 25.3. The number of hydrogen-bond donors (Lipinski definition) is 1. The van der Waals surface area contributed by atoms with Crippen LogP contribution < -0.4 is 19.1 Å². The van der Waals surface area contributed by atoms with Crippen molar-refractivity contribution in [3.8, 4) is 17.4 Å². The van der Waals surface area contributed by atoms with E-state index in [1.807, 2.05) is 38.1 Å². The van der Waals surface area contributed by atoms with Crippen molar-refractivity contribution < 1.29 is 14.2 Å². The van der Waals surface area contributed by atoms with Crippen LogP contribution in [0.25, 0.3) is 11.0 Å². The Morgan fingerprint density at radius 1 is 0.861 bits per heavy atom. The van der Waals surface area contributed by atoms with Crippen molar-refractivity contribution in [2.75, 3.05) is 19.1 Å². The molecule has 1 N–H and O–H groups in total. The summed E-state index contributed by atoms with van der Waals surface area (Å²) in [5, 5.41) is 9.11. The second kappa shape index (κ2) is 11.7. The number of imidazole rings is 1. The number of H-pyrrole nitrogens is 1. The Hall–Kier alpha value is -3.81. The first-order valence-corrected chi connectivity index (χ1v) is 12.4. The van der Waals surface area contributed by atoms with Gasteiger partial charge in [0.05, 0.1) is 20.3 Å². The van der Waals surface area contributed by atoms with E-state index in [1.165, 1.54) is 0 Å². The number of benzene rings is 2. The largest absolute Gasteiger partial charge is 0.497 e. The van der Waals surface area contributed by atoms with Crippen LogP contribution in [-0.4, -0.2) is 40.5 Å². The SMILES string of the molecule is CCCCc1nc2c(N(Cc3ccc(OC)cc3)Cc3ccc(OC)cc3)nnc(OC(C)C)c2[nH]1. The van der Waals surface area contributed by atoms with E-state index in [2.05, 4.69) is 51.3 Å². The van der Waals surface area contributed by atoms with Gasteiger partial charge in [0, 0.05) is 19.5 Å². The fourth-order valence-corrected chi connectivity index (χ4v) is 4.02. The molecule has 0 fully saturated rings. The van der Waals surface area contributed by atoms with Crippen molar-refractivity contribution in [1.82, 2.24) is 20.2 Å². The van der Waals surface area contributed by atoms with E-state index >= 15 is 0 Å². The molecule has 0 radical (unpaired) electrons. The molecule has 8 heteroatoms. The van der Waals surface area contributed by atoms with Crippen LogP contribution in [0.4, 0.5) is 5.82 Å². The first-order valence-electron chi connectivity index (χ1n) is 12.4. The van der Waals surface area contributed by atoms with Gasteiger partial charge in [0.2, 0.25) is 0 Å². The third kappa shape index (κ3) is 6.05. The van der Waals surface area contributed by atoms with Gasteiger partial charge in [0.25, 0.3) is 5.88 Å². The quantitative estimate of drug-likeness (QED) is 0.273. The molecule has 0 aliphatic carbocycles. The van der Waals surface area contributed by atoms with E-state index in [0.717, 1.165) is 58.7 Å². The molecule has 0 spiro atoms. The second-order valence-electron chi connectivity index (χ2n) is 9.06. The number of nitrogens with zero attached hydrogens (tertiary/aromatic N) is 4. The Morgan fingerprint density at radius 2 is 1.44 bits per heavy atom. The molecule has 190 valence electrons. The molecule has 8 nitrogen and oxygen atoms in total. The molecule has 2 aromatic carbocycles. The van der Waals surface area contributed by atoms with Gasteiger partial charge in [0.1, 0.15) is 28.4 Å². The van der Waals surface area contributed by atoms with Crippen LogP contribution in [0.2, 0.25) is 0 Å². The molecule has 4 rings (SSSR count). The zero-order valence-corrected chi connectivity index (χ0v) is 21.7. The number of ether oxygens (including phenoxy) is 3. The van der Waals surface area contributed by atoms with Crippen LogP contribution in [0.15, 0.2) is 48.5 Å². The highest BCUT2D eigenvalue weighted by Crippen LogP contribution is 2.31. The molecular formula is C28H35N5O3. The molecule has 0 unspecified atom stereocenters. The van der Waals surface area contributed by atoms with Crippen molar-refractivity contribution in [3.05, 3.63) is 65.5 Å². The molecule has 4 aromatic rings. The van der Waals surface area contributed by atoms with Gasteiger partial charge in [0.15, 0.2) is 5.82 Å². The van der Waals surface area contributed by atoms with Crippen LogP contribution in [-0.2, 0) is 19.5 Å². The molecule has 36 heavy (non-hydrogen) atoms. The van der Waals surface area contributed by atoms with Gasteiger partial charge in [-0.1, -0.05) is 37.6 Å². The number of fused-ring (bicyclic) bond motifs is 1. The minimum absolute atomic E-state index is 0.0227. The maximum Gasteiger partial charge on any atom is 0.260 e. The summed E-state index contributed by atoms with van der Waals surface area (Å²) < 4.78 is 16.7. The molecule has 2 heterocycles. The van der Waals surface area contributed by atoms with E-state index in [9.17, 15) is 0 Å². The number of aromatic nitrogens is 4. The molecule has 0 saturated heterocycles. The van der Waals surface area contributed by atoms with E-state index in [1.54, 1.807) is 14.2 Å². The van der Waals surface area contributed by atoms with E-state index < -0.39 is 0 Å². The Morgan fingerprint density at radius 3 is 1.94 bits per heavy atom. The lowest BCUT2D eigenvalue weighted by Gasteiger charge is -2.24. The normalized spacial score (nSPS) is 11.2. The van der Waals surface area contributed by atoms with Gasteiger partial charge >= 0.3 is 0 Å². The zero-order valence-electron chi connectivity index (χ0n) is 21.7. The topological polar surface area (TPSA) is 85.4 Å². The predicted molar refractivity (Wildman–Crippen MR) is 142 cm³/mol. The molecule has 0 atom stereocenters. The van der Waals surface area contributed by atoms with E-state index in [0.29, 0.717) is 24.8 Å². The van der Waals surface area contributed by atoms with Crippen LogP contribution in [0.5, 0.6) is 17.4 Å². The summed E-state index contributed by atoms with van der Waals surface area (Å²) in [6, 6.07) is 16.2. The van der Waals surface area contributed by atoms with Crippen molar-refractivity contribution in [1.29, 1.82) is 0 Å². The highest BCUT2D eigenvalue weighted by molar-refractivity contribution is 5.89. The number of aromatic amines is 1. The van der Waals surface area contributed by atoms with Crippen LogP contribution >= 0.6 is 0 Å². The van der Waals surface area contributed by atoms with Crippen molar-refractivity contribution in [3.63, 3.8) is 0 Å². The van der Waals surface area contributed by atoms with Gasteiger partial charge in [-0.25, -0.2) is 4.98 Å². The van der Waals surface area contributed by atoms with Crippen molar-refractivity contribution in [2.45, 2.75) is 59.2 Å². The fourth-order valence-electron chi connectivity index (χ4n) is 4.02. The highest BCUT2D eigenvalue weighted by Gasteiger charge is 2.21. The molecule has 2 aromatic heterocycles. The van der Waals surface area contributed by atoms with Crippen LogP contribution in [0.3, 0.4) is 0 Å². The number of unbranched alkanes of at least 4 members (excludes halogenated alkanes) is 1. The predicted octanol–water partition coefficient (Wildman–Crippen LogP) is 5.71. The minimum atomic E-state index is -0.0227. The van der Waals surface area contributed by atoms with Gasteiger partial charge < -0.3 is 24.1 Å². The third-order valence-electron chi connectivity index (χ3n) is 5.89. The molecule has 0 saturated carbocycles. The van der Waals surface area contributed by atoms with Crippen LogP contribution in [0.1, 0.15) is 50.6 Å². The maximum absolute atomic E-state index is 5.98. The Kier molecular flexibility index (Phi) is 8.25. The summed E-state index contributed by atoms with van der Waals surface area (Å²) >= 11 is 0. The molecule has 0 amide bonds. The second-order valence-corrected chi connectivity index (χ2v) is 9.06. The molecule has 0 aliphatic rings. The summed E-state index contributed by atoms with van der Waals surface area (Å²) in [6.07, 6.45) is 2.99. The van der Waals surface area contributed by atoms with Gasteiger partial charge in [-0.2, -0.15) is 0 Å². The lowest BCUT2D eigenvalue weighted by molar-refractivity contribution is 0.233. The lowest BCUT2D eigenvalue weighted by atomic mass is 10.1. The Labute approximate surface area is 212 Å². The molecular weight excluding hydrogens is 454 g/mol. The number of methoxy groups -OCH3 is 2. The number of hydrogen-bond acceptors (Lipinski definition) is 7. The fraction of sp³-hybridized carbons (Fsp3) is 0.393. The van der Waals surface area contributed by atoms with Gasteiger partial charge in [-0.3, -0.25) is 0 Å². The van der Waals surface area contributed by atoms with Crippen LogP contribution in [0, 0.1) is 0 Å². The average molecular weight is 490 g/mol. The molecule has 0 aliphatic heterocycles. The molecule has 0 bridgehead atoms. The number of anilines is 1. The Balaban J connectivity index is 1.76. The van der Waals surface area contributed by atoms with Crippen molar-refractivity contribution >= 4 is 16.9 Å². The minimum Gasteiger partial charge on any atom is -0.497 e. The first-order chi connectivity index (χ1) is 17.5. The average Bonchev–Trinajstić information content (AvgIpc) is 3.32. The van der Waals surface area contributed by atoms with Gasteiger partial charge in [-0.15, -0.1) is 10.2 Å². The van der Waals surface area contributed by atoms with E-state index in [-0.39, 0.29) is 6.10 Å². The zero-order chi connectivity index (χ0) is 25.5. The number of rotatable bonds is 12. The monoisotopic (exact) mass is 489 g/mol. The highest BCUT2D eigenvalue weighted by atomic mass is 16.5. The summed E-state index contributed by atoms with van der Waals surface area (Å²) in [5.41, 5.74) is 3.81. The maximum atomic E-state index is 5.98. The summed E-state index contributed by atoms with van der Waals surface area (Å²) in [7, 11) is 3.34. The Bertz CT molecular complexity index is 1200. The number of nitrogens with one attached hydrogen (secondary N) is 1. The third-order valence-corrected chi connectivity index (χ3v) is 5.89. The summed E-state index contributed by atoms with van der Waals surface area (Å²) in [5.74, 6) is 3.77. The standard InChI is InChI=1S/C28H35N5O3/c1-6-7-8-24-29-25-26(30-24)28(36-19(2)3)32-31-27(25)33(17-20-9-13-22(34-4)14-10-20)18-21-11-15-23(35-5)16-12-21/h9-16,19H,6-8,17-18H2,1-5H3,(H,29,30). The van der Waals surface area contributed by atoms with Crippen molar-refractivity contribution in [2.24, 2.45) is 0 Å². The summed E-state index contributed by atoms with van der Waals surface area (Å²) in [4.78, 5) is 10.6.